The summed E-state index contributed by atoms with van der Waals surface area (Å²) in [6, 6.07) is 5.42. The standard InChI is InChI=1S/C20H18N6O3S2/c1-11-9-14(24-29-11)17(27)23-19-22-13-5-8-26(10-15(13)30-19)18(28)16-12(2)21-20(31-16)25-6-3-4-7-25/h3-4,6-7,9H,5,8,10H2,1-2H3,(H,22,23,27). The van der Waals surface area contributed by atoms with Crippen LogP contribution in [0.2, 0.25) is 0 Å². The van der Waals surface area contributed by atoms with E-state index in [9.17, 15) is 9.59 Å². The molecule has 0 spiro atoms. The lowest BCUT2D eigenvalue weighted by molar-refractivity contribution is 0.0740. The molecule has 0 radical (unpaired) electrons. The van der Waals surface area contributed by atoms with Crippen molar-refractivity contribution in [2.45, 2.75) is 26.8 Å². The molecule has 1 aliphatic heterocycles. The van der Waals surface area contributed by atoms with Gasteiger partial charge in [0.15, 0.2) is 16.0 Å². The molecule has 0 aliphatic carbocycles. The van der Waals surface area contributed by atoms with E-state index in [1.807, 2.05) is 40.9 Å². The van der Waals surface area contributed by atoms with E-state index in [4.69, 9.17) is 4.52 Å². The quantitative estimate of drug-likeness (QED) is 0.506. The molecule has 2 amide bonds. The molecule has 9 nitrogen and oxygen atoms in total. The van der Waals surface area contributed by atoms with Crippen LogP contribution < -0.4 is 5.32 Å². The van der Waals surface area contributed by atoms with Gasteiger partial charge in [-0.1, -0.05) is 27.8 Å². The van der Waals surface area contributed by atoms with Gasteiger partial charge < -0.3 is 14.0 Å². The third kappa shape index (κ3) is 3.77. The zero-order chi connectivity index (χ0) is 21.5. The van der Waals surface area contributed by atoms with Crippen molar-refractivity contribution < 1.29 is 14.1 Å². The number of aryl methyl sites for hydroxylation is 2. The Bertz CT molecular complexity index is 1270. The maximum Gasteiger partial charge on any atom is 0.279 e. The van der Waals surface area contributed by atoms with Crippen LogP contribution in [0.1, 0.15) is 42.2 Å². The number of hydrogen-bond acceptors (Lipinski definition) is 8. The summed E-state index contributed by atoms with van der Waals surface area (Å²) in [5, 5.41) is 7.75. The molecule has 0 saturated heterocycles. The van der Waals surface area contributed by atoms with Gasteiger partial charge in [0.2, 0.25) is 0 Å². The zero-order valence-corrected chi connectivity index (χ0v) is 18.4. The van der Waals surface area contributed by atoms with E-state index in [1.165, 1.54) is 22.7 Å². The first-order valence-corrected chi connectivity index (χ1v) is 11.2. The summed E-state index contributed by atoms with van der Waals surface area (Å²) in [4.78, 5) is 38.0. The number of rotatable bonds is 4. The Kier molecular flexibility index (Phi) is 4.91. The molecule has 1 aliphatic rings. The summed E-state index contributed by atoms with van der Waals surface area (Å²) in [6.45, 7) is 4.62. The monoisotopic (exact) mass is 454 g/mol. The van der Waals surface area contributed by atoms with Gasteiger partial charge in [-0.15, -0.1) is 0 Å². The van der Waals surface area contributed by atoms with Crippen LogP contribution in [0.5, 0.6) is 0 Å². The van der Waals surface area contributed by atoms with Crippen LogP contribution in [0.3, 0.4) is 0 Å². The SMILES string of the molecule is Cc1cc(C(=O)Nc2nc3c(s2)CN(C(=O)c2sc(-n4cccc4)nc2C)CC3)no1. The van der Waals surface area contributed by atoms with Crippen LogP contribution in [-0.4, -0.2) is 43.0 Å². The molecule has 158 valence electrons. The van der Waals surface area contributed by atoms with Crippen molar-refractivity contribution in [2.75, 3.05) is 11.9 Å². The van der Waals surface area contributed by atoms with Crippen LogP contribution in [0.25, 0.3) is 5.13 Å². The second-order valence-corrected chi connectivity index (χ2v) is 9.20. The predicted molar refractivity (Wildman–Crippen MR) is 116 cm³/mol. The summed E-state index contributed by atoms with van der Waals surface area (Å²) in [5.41, 5.74) is 1.85. The first kappa shape index (κ1) is 19.6. The number of aromatic nitrogens is 4. The number of fused-ring (bicyclic) bond motifs is 1. The minimum absolute atomic E-state index is 0.0314. The van der Waals surface area contributed by atoms with Gasteiger partial charge in [0.05, 0.1) is 17.9 Å². The molecule has 1 N–H and O–H groups in total. The average Bonchev–Trinajstić information content (AvgIpc) is 3.53. The van der Waals surface area contributed by atoms with E-state index in [0.29, 0.717) is 35.3 Å². The molecular formula is C20H18N6O3S2. The third-order valence-electron chi connectivity index (χ3n) is 4.90. The Labute approximate surface area is 185 Å². The van der Waals surface area contributed by atoms with Gasteiger partial charge >= 0.3 is 0 Å². The molecule has 0 unspecified atom stereocenters. The highest BCUT2D eigenvalue weighted by Crippen LogP contribution is 2.31. The highest BCUT2D eigenvalue weighted by Gasteiger charge is 2.28. The molecule has 5 rings (SSSR count). The van der Waals surface area contributed by atoms with E-state index in [2.05, 4.69) is 20.4 Å². The third-order valence-corrected chi connectivity index (χ3v) is 7.06. The summed E-state index contributed by atoms with van der Waals surface area (Å²) < 4.78 is 6.84. The maximum atomic E-state index is 13.2. The molecule has 4 aromatic rings. The molecule has 31 heavy (non-hydrogen) atoms. The number of anilines is 1. The number of amides is 2. The Balaban J connectivity index is 1.31. The van der Waals surface area contributed by atoms with Gasteiger partial charge in [0.25, 0.3) is 11.8 Å². The molecule has 4 aromatic heterocycles. The van der Waals surface area contributed by atoms with Crippen molar-refractivity contribution in [3.63, 3.8) is 0 Å². The van der Waals surface area contributed by atoms with Crippen LogP contribution in [0.15, 0.2) is 35.1 Å². The van der Waals surface area contributed by atoms with Crippen LogP contribution in [0.4, 0.5) is 5.13 Å². The van der Waals surface area contributed by atoms with Crippen LogP contribution >= 0.6 is 22.7 Å². The number of nitrogens with one attached hydrogen (secondary N) is 1. The fourth-order valence-electron chi connectivity index (χ4n) is 3.35. The van der Waals surface area contributed by atoms with Gasteiger partial charge in [0.1, 0.15) is 10.6 Å². The lowest BCUT2D eigenvalue weighted by atomic mass is 10.1. The van der Waals surface area contributed by atoms with Crippen molar-refractivity contribution in [3.8, 4) is 5.13 Å². The Hall–Kier alpha value is -3.31. The Morgan fingerprint density at radius 1 is 1.16 bits per heavy atom. The molecule has 5 heterocycles. The molecule has 0 saturated carbocycles. The van der Waals surface area contributed by atoms with Gasteiger partial charge in [-0.3, -0.25) is 14.9 Å². The summed E-state index contributed by atoms with van der Waals surface area (Å²) >= 11 is 2.77. The van der Waals surface area contributed by atoms with Gasteiger partial charge in [-0.25, -0.2) is 9.97 Å². The molecule has 0 fully saturated rings. The first-order chi connectivity index (χ1) is 15.0. The van der Waals surface area contributed by atoms with Crippen LogP contribution in [-0.2, 0) is 13.0 Å². The summed E-state index contributed by atoms with van der Waals surface area (Å²) in [7, 11) is 0. The van der Waals surface area contributed by atoms with Crippen molar-refractivity contribution in [1.82, 2.24) is 24.6 Å². The van der Waals surface area contributed by atoms with Crippen LogP contribution in [0, 0.1) is 13.8 Å². The van der Waals surface area contributed by atoms with Gasteiger partial charge in [0, 0.05) is 36.3 Å². The molecular weight excluding hydrogens is 436 g/mol. The van der Waals surface area contributed by atoms with Crippen molar-refractivity contribution in [1.29, 1.82) is 0 Å². The highest BCUT2D eigenvalue weighted by molar-refractivity contribution is 7.16. The first-order valence-electron chi connectivity index (χ1n) is 9.61. The normalized spacial score (nSPS) is 13.3. The Morgan fingerprint density at radius 2 is 1.97 bits per heavy atom. The lowest BCUT2D eigenvalue weighted by Gasteiger charge is -2.25. The van der Waals surface area contributed by atoms with E-state index in [-0.39, 0.29) is 17.5 Å². The zero-order valence-electron chi connectivity index (χ0n) is 16.8. The van der Waals surface area contributed by atoms with Gasteiger partial charge in [-0.2, -0.15) is 0 Å². The fourth-order valence-corrected chi connectivity index (χ4v) is 5.37. The second kappa shape index (κ2) is 7.75. The molecule has 0 aromatic carbocycles. The van der Waals surface area contributed by atoms with Gasteiger partial charge in [-0.05, 0) is 26.0 Å². The largest absolute Gasteiger partial charge is 0.361 e. The van der Waals surface area contributed by atoms with E-state index < -0.39 is 0 Å². The van der Waals surface area contributed by atoms with Crippen molar-refractivity contribution in [2.24, 2.45) is 0 Å². The number of carbonyl (C=O) groups is 2. The second-order valence-electron chi connectivity index (χ2n) is 7.14. The van der Waals surface area contributed by atoms with Crippen molar-refractivity contribution >= 4 is 39.6 Å². The highest BCUT2D eigenvalue weighted by atomic mass is 32.1. The van der Waals surface area contributed by atoms with Crippen molar-refractivity contribution in [3.05, 3.63) is 63.2 Å². The minimum atomic E-state index is -0.367. The molecule has 0 bridgehead atoms. The summed E-state index contributed by atoms with van der Waals surface area (Å²) in [6.07, 6.45) is 4.46. The molecule has 0 atom stereocenters. The molecule has 11 heteroatoms. The fraction of sp³-hybridized carbons (Fsp3) is 0.250. The Morgan fingerprint density at radius 3 is 2.71 bits per heavy atom. The smallest absolute Gasteiger partial charge is 0.279 e. The average molecular weight is 455 g/mol. The number of carbonyl (C=O) groups excluding carboxylic acids is 2. The number of hydrogen-bond donors (Lipinski definition) is 1. The van der Waals surface area contributed by atoms with E-state index >= 15 is 0 Å². The van der Waals surface area contributed by atoms with E-state index in [1.54, 1.807) is 13.0 Å². The lowest BCUT2D eigenvalue weighted by Crippen LogP contribution is -2.35. The predicted octanol–water partition coefficient (Wildman–Crippen LogP) is 3.45. The number of thiazole rings is 2. The minimum Gasteiger partial charge on any atom is -0.361 e. The number of nitrogens with zero attached hydrogens (tertiary/aromatic N) is 5. The van der Waals surface area contributed by atoms with E-state index in [0.717, 1.165) is 21.4 Å². The topological polar surface area (TPSA) is 106 Å². The maximum absolute atomic E-state index is 13.2. The summed E-state index contributed by atoms with van der Waals surface area (Å²) in [5.74, 6) is 0.167.